The fraction of sp³-hybridized carbons (Fsp3) is 0.308. The number of nitrogens with zero attached hydrogens (tertiary/aromatic N) is 2. The van der Waals surface area contributed by atoms with Crippen molar-refractivity contribution in [3.05, 3.63) is 49.6 Å². The van der Waals surface area contributed by atoms with Crippen LogP contribution in [0.4, 0.5) is 0 Å². The molecule has 1 heterocycles. The van der Waals surface area contributed by atoms with E-state index >= 15 is 0 Å². The van der Waals surface area contributed by atoms with E-state index in [4.69, 9.17) is 11.6 Å². The number of benzene rings is 1. The summed E-state index contributed by atoms with van der Waals surface area (Å²) in [4.78, 5) is 0. The highest BCUT2D eigenvalue weighted by Gasteiger charge is 2.20. The molecule has 102 valence electrons. The van der Waals surface area contributed by atoms with Gasteiger partial charge in [-0.05, 0) is 30.3 Å². The van der Waals surface area contributed by atoms with Crippen molar-refractivity contribution in [1.29, 1.82) is 0 Å². The van der Waals surface area contributed by atoms with Gasteiger partial charge in [0.05, 0.1) is 23.0 Å². The van der Waals surface area contributed by atoms with Gasteiger partial charge < -0.3 is 5.32 Å². The zero-order valence-electron chi connectivity index (χ0n) is 10.6. The quantitative estimate of drug-likeness (QED) is 0.819. The summed E-state index contributed by atoms with van der Waals surface area (Å²) in [5.74, 6) is 0. The first-order chi connectivity index (χ1) is 9.02. The molecule has 6 heteroatoms. The predicted molar refractivity (Wildman–Crippen MR) is 85.6 cm³/mol. The molecule has 0 saturated heterocycles. The minimum atomic E-state index is 0.0128. The minimum Gasteiger partial charge on any atom is -0.305 e. The van der Waals surface area contributed by atoms with Crippen LogP contribution in [0.25, 0.3) is 0 Å². The smallest absolute Gasteiger partial charge is 0.0837 e. The van der Waals surface area contributed by atoms with Crippen LogP contribution in [0.3, 0.4) is 0 Å². The minimum absolute atomic E-state index is 0.0128. The molecule has 0 spiro atoms. The van der Waals surface area contributed by atoms with Crippen molar-refractivity contribution in [2.75, 3.05) is 6.54 Å². The third-order valence-electron chi connectivity index (χ3n) is 2.84. The van der Waals surface area contributed by atoms with Crippen LogP contribution in [-0.2, 0) is 7.05 Å². The Balaban J connectivity index is 2.51. The summed E-state index contributed by atoms with van der Waals surface area (Å²) in [5.41, 5.74) is 2.10. The predicted octanol–water partition coefficient (Wildman–Crippen LogP) is 4.30. The van der Waals surface area contributed by atoms with E-state index in [0.29, 0.717) is 5.02 Å². The molecule has 2 rings (SSSR count). The molecule has 1 atom stereocenters. The summed E-state index contributed by atoms with van der Waals surface area (Å²) in [6.07, 6.45) is 1.67. The van der Waals surface area contributed by atoms with Crippen molar-refractivity contribution in [3.8, 4) is 0 Å². The number of aromatic nitrogens is 2. The van der Waals surface area contributed by atoms with Crippen molar-refractivity contribution in [2.45, 2.75) is 13.0 Å². The molecule has 0 amide bonds. The standard InChI is InChI=1S/C13H14Br2ClN3/c1-3-17-12(13-11(16)7-18-19(13)2)8-4-9(14)6-10(15)5-8/h4-7,12,17H,3H2,1-2H3. The lowest BCUT2D eigenvalue weighted by atomic mass is 10.0. The molecule has 0 saturated carbocycles. The van der Waals surface area contributed by atoms with E-state index in [1.54, 1.807) is 6.20 Å². The van der Waals surface area contributed by atoms with Crippen LogP contribution in [0.5, 0.6) is 0 Å². The number of hydrogen-bond acceptors (Lipinski definition) is 2. The lowest BCUT2D eigenvalue weighted by molar-refractivity contribution is 0.572. The van der Waals surface area contributed by atoms with Gasteiger partial charge in [0.1, 0.15) is 0 Å². The maximum atomic E-state index is 6.26. The molecule has 1 aromatic carbocycles. The highest BCUT2D eigenvalue weighted by Crippen LogP contribution is 2.31. The van der Waals surface area contributed by atoms with Gasteiger partial charge in [0.25, 0.3) is 0 Å². The average Bonchev–Trinajstić information content (AvgIpc) is 2.65. The number of hydrogen-bond donors (Lipinski definition) is 1. The van der Waals surface area contributed by atoms with Crippen LogP contribution in [0.2, 0.25) is 5.02 Å². The Morgan fingerprint density at radius 2 is 1.95 bits per heavy atom. The largest absolute Gasteiger partial charge is 0.305 e. The Hall–Kier alpha value is -0.360. The third kappa shape index (κ3) is 3.40. The van der Waals surface area contributed by atoms with Crippen molar-refractivity contribution < 1.29 is 0 Å². The second-order valence-electron chi connectivity index (χ2n) is 4.19. The maximum Gasteiger partial charge on any atom is 0.0837 e. The van der Waals surface area contributed by atoms with Gasteiger partial charge in [-0.25, -0.2) is 0 Å². The summed E-state index contributed by atoms with van der Waals surface area (Å²) in [6, 6.07) is 6.19. The van der Waals surface area contributed by atoms with E-state index in [2.05, 4.69) is 61.3 Å². The SMILES string of the molecule is CCNC(c1cc(Br)cc(Br)c1)c1c(Cl)cnn1C. The Morgan fingerprint density at radius 3 is 2.42 bits per heavy atom. The first-order valence-electron chi connectivity index (χ1n) is 5.89. The topological polar surface area (TPSA) is 29.9 Å². The normalized spacial score (nSPS) is 12.7. The van der Waals surface area contributed by atoms with Crippen molar-refractivity contribution in [2.24, 2.45) is 7.05 Å². The van der Waals surface area contributed by atoms with Crippen molar-refractivity contribution in [1.82, 2.24) is 15.1 Å². The Kier molecular flexibility index (Phi) is 5.06. The Labute approximate surface area is 134 Å². The molecular formula is C13H14Br2ClN3. The third-order valence-corrected chi connectivity index (χ3v) is 4.04. The molecule has 1 N–H and O–H groups in total. The van der Waals surface area contributed by atoms with E-state index < -0.39 is 0 Å². The lowest BCUT2D eigenvalue weighted by Crippen LogP contribution is -2.24. The zero-order chi connectivity index (χ0) is 14.0. The van der Waals surface area contributed by atoms with Crippen molar-refractivity contribution in [3.63, 3.8) is 0 Å². The summed E-state index contributed by atoms with van der Waals surface area (Å²) < 4.78 is 3.86. The highest BCUT2D eigenvalue weighted by molar-refractivity contribution is 9.11. The van der Waals surface area contributed by atoms with Gasteiger partial charge in [-0.2, -0.15) is 5.10 Å². The molecule has 3 nitrogen and oxygen atoms in total. The molecule has 0 aliphatic heterocycles. The molecule has 0 radical (unpaired) electrons. The van der Waals surface area contributed by atoms with E-state index in [9.17, 15) is 0 Å². The molecule has 19 heavy (non-hydrogen) atoms. The second kappa shape index (κ2) is 6.39. The summed E-state index contributed by atoms with van der Waals surface area (Å²) >= 11 is 13.3. The van der Waals surface area contributed by atoms with E-state index in [0.717, 1.165) is 26.7 Å². The molecule has 1 unspecified atom stereocenters. The van der Waals surface area contributed by atoms with Gasteiger partial charge in [0.2, 0.25) is 0 Å². The number of aryl methyl sites for hydroxylation is 1. The van der Waals surface area contributed by atoms with Crippen molar-refractivity contribution >= 4 is 43.5 Å². The lowest BCUT2D eigenvalue weighted by Gasteiger charge is -2.20. The average molecular weight is 408 g/mol. The molecular weight excluding hydrogens is 393 g/mol. The first-order valence-corrected chi connectivity index (χ1v) is 7.86. The Morgan fingerprint density at radius 1 is 1.32 bits per heavy atom. The number of halogens is 3. The Bertz CT molecular complexity index is 544. The van der Waals surface area contributed by atoms with Gasteiger partial charge in [-0.15, -0.1) is 0 Å². The van der Waals surface area contributed by atoms with Gasteiger partial charge in [0, 0.05) is 16.0 Å². The fourth-order valence-corrected chi connectivity index (χ4v) is 3.67. The van der Waals surface area contributed by atoms with Crippen LogP contribution in [0, 0.1) is 0 Å². The summed E-state index contributed by atoms with van der Waals surface area (Å²) in [5, 5.41) is 8.33. The van der Waals surface area contributed by atoms with Gasteiger partial charge in [-0.1, -0.05) is 50.4 Å². The second-order valence-corrected chi connectivity index (χ2v) is 6.43. The van der Waals surface area contributed by atoms with E-state index in [1.807, 2.05) is 17.8 Å². The van der Waals surface area contributed by atoms with Gasteiger partial charge in [0.15, 0.2) is 0 Å². The van der Waals surface area contributed by atoms with E-state index in [1.165, 1.54) is 0 Å². The highest BCUT2D eigenvalue weighted by atomic mass is 79.9. The molecule has 0 bridgehead atoms. The van der Waals surface area contributed by atoms with Crippen LogP contribution in [0.1, 0.15) is 24.2 Å². The molecule has 0 aliphatic carbocycles. The fourth-order valence-electron chi connectivity index (χ4n) is 2.06. The van der Waals surface area contributed by atoms with E-state index in [-0.39, 0.29) is 6.04 Å². The maximum absolute atomic E-state index is 6.26. The zero-order valence-corrected chi connectivity index (χ0v) is 14.6. The molecule has 2 aromatic rings. The summed E-state index contributed by atoms with van der Waals surface area (Å²) in [6.45, 7) is 2.92. The van der Waals surface area contributed by atoms with Gasteiger partial charge in [-0.3, -0.25) is 4.68 Å². The summed E-state index contributed by atoms with van der Waals surface area (Å²) in [7, 11) is 1.90. The number of nitrogens with one attached hydrogen (secondary N) is 1. The first kappa shape index (κ1) is 15.0. The number of rotatable bonds is 4. The van der Waals surface area contributed by atoms with Crippen LogP contribution >= 0.6 is 43.5 Å². The molecule has 1 aromatic heterocycles. The monoisotopic (exact) mass is 405 g/mol. The van der Waals surface area contributed by atoms with Crippen LogP contribution in [-0.4, -0.2) is 16.3 Å². The van der Waals surface area contributed by atoms with Crippen LogP contribution in [0.15, 0.2) is 33.3 Å². The molecule has 0 fully saturated rings. The molecule has 0 aliphatic rings. The van der Waals surface area contributed by atoms with Gasteiger partial charge >= 0.3 is 0 Å². The van der Waals surface area contributed by atoms with Crippen LogP contribution < -0.4 is 5.32 Å².